The van der Waals surface area contributed by atoms with Gasteiger partial charge in [0.1, 0.15) is 0 Å². The predicted octanol–water partition coefficient (Wildman–Crippen LogP) is 1.21. The normalized spacial score (nSPS) is 23.9. The van der Waals surface area contributed by atoms with Crippen LogP contribution in [0.3, 0.4) is 0 Å². The molecule has 2 heterocycles. The van der Waals surface area contributed by atoms with Crippen LogP contribution in [0.2, 0.25) is 0 Å². The van der Waals surface area contributed by atoms with Crippen LogP contribution in [-0.2, 0) is 6.54 Å². The van der Waals surface area contributed by atoms with Gasteiger partial charge in [0.2, 0.25) is 0 Å². The van der Waals surface area contributed by atoms with E-state index in [0.717, 1.165) is 32.4 Å². The number of anilines is 1. The van der Waals surface area contributed by atoms with Gasteiger partial charge in [-0.05, 0) is 32.7 Å². The number of nitrogens with zero attached hydrogens (tertiary/aromatic N) is 2. The first kappa shape index (κ1) is 13.1. The fourth-order valence-corrected chi connectivity index (χ4v) is 2.42. The van der Waals surface area contributed by atoms with Crippen LogP contribution >= 0.6 is 0 Å². The molecule has 18 heavy (non-hydrogen) atoms. The molecule has 1 aromatic rings. The number of rotatable bonds is 4. The lowest BCUT2D eigenvalue weighted by atomic mass is 10.0. The third kappa shape index (κ3) is 3.10. The quantitative estimate of drug-likeness (QED) is 0.843. The summed E-state index contributed by atoms with van der Waals surface area (Å²) < 4.78 is 1.72. The van der Waals surface area contributed by atoms with Crippen LogP contribution in [0, 0.1) is 0 Å². The summed E-state index contributed by atoms with van der Waals surface area (Å²) >= 11 is 0. The highest BCUT2D eigenvalue weighted by molar-refractivity contribution is 5.32. The van der Waals surface area contributed by atoms with Crippen molar-refractivity contribution in [1.29, 1.82) is 0 Å². The Bertz CT molecular complexity index is 443. The van der Waals surface area contributed by atoms with Crippen molar-refractivity contribution in [2.45, 2.75) is 51.7 Å². The highest BCUT2D eigenvalue weighted by Gasteiger charge is 2.19. The number of piperidine rings is 1. The number of hydrogen-bond donors (Lipinski definition) is 2. The molecular formula is C13H22N4O. The van der Waals surface area contributed by atoms with Crippen molar-refractivity contribution >= 4 is 5.82 Å². The Kier molecular flexibility index (Phi) is 4.36. The van der Waals surface area contributed by atoms with E-state index in [1.54, 1.807) is 17.0 Å². The molecule has 0 spiro atoms. The average Bonchev–Trinajstić information content (AvgIpc) is 2.35. The van der Waals surface area contributed by atoms with Gasteiger partial charge in [0.05, 0.1) is 0 Å². The first-order valence-electron chi connectivity index (χ1n) is 6.76. The van der Waals surface area contributed by atoms with Crippen LogP contribution in [0.25, 0.3) is 0 Å². The van der Waals surface area contributed by atoms with E-state index in [-0.39, 0.29) is 5.56 Å². The molecular weight excluding hydrogens is 228 g/mol. The number of aryl methyl sites for hydroxylation is 1. The molecule has 1 saturated heterocycles. The summed E-state index contributed by atoms with van der Waals surface area (Å²) in [6.07, 6.45) is 6.47. The van der Waals surface area contributed by atoms with Gasteiger partial charge in [-0.2, -0.15) is 0 Å². The monoisotopic (exact) mass is 250 g/mol. The minimum Gasteiger partial charge on any atom is -0.363 e. The second-order valence-electron chi connectivity index (χ2n) is 5.00. The predicted molar refractivity (Wildman–Crippen MR) is 72.9 cm³/mol. The molecule has 1 aliphatic heterocycles. The molecule has 5 heteroatoms. The number of aromatic nitrogens is 2. The standard InChI is InChI=1S/C13H22N4O/c1-3-7-17-8-6-15-12(13(17)18)16-11-4-5-14-10(2)9-11/h6,8,10-11,14H,3-5,7,9H2,1-2H3,(H,15,16). The van der Waals surface area contributed by atoms with Crippen molar-refractivity contribution < 1.29 is 0 Å². The molecule has 2 unspecified atom stereocenters. The van der Waals surface area contributed by atoms with E-state index in [4.69, 9.17) is 0 Å². The highest BCUT2D eigenvalue weighted by Crippen LogP contribution is 2.11. The second kappa shape index (κ2) is 6.00. The Morgan fingerprint density at radius 2 is 2.44 bits per heavy atom. The number of hydrogen-bond acceptors (Lipinski definition) is 4. The molecule has 0 amide bonds. The Labute approximate surface area is 108 Å². The van der Waals surface area contributed by atoms with Gasteiger partial charge in [-0.3, -0.25) is 4.79 Å². The van der Waals surface area contributed by atoms with Crippen LogP contribution in [0.5, 0.6) is 0 Å². The molecule has 5 nitrogen and oxygen atoms in total. The fraction of sp³-hybridized carbons (Fsp3) is 0.692. The summed E-state index contributed by atoms with van der Waals surface area (Å²) in [6.45, 7) is 5.98. The molecule has 2 N–H and O–H groups in total. The van der Waals surface area contributed by atoms with Gasteiger partial charge in [0.25, 0.3) is 5.56 Å². The van der Waals surface area contributed by atoms with Crippen LogP contribution in [0.1, 0.15) is 33.1 Å². The van der Waals surface area contributed by atoms with Crippen molar-refractivity contribution in [3.63, 3.8) is 0 Å². The van der Waals surface area contributed by atoms with Crippen molar-refractivity contribution in [2.75, 3.05) is 11.9 Å². The van der Waals surface area contributed by atoms with Crippen LogP contribution in [0.4, 0.5) is 5.82 Å². The van der Waals surface area contributed by atoms with Crippen LogP contribution in [0.15, 0.2) is 17.2 Å². The molecule has 2 atom stereocenters. The lowest BCUT2D eigenvalue weighted by Crippen LogP contribution is -2.42. The molecule has 1 fully saturated rings. The minimum atomic E-state index is -0.00876. The van der Waals surface area contributed by atoms with E-state index in [2.05, 4.69) is 29.5 Å². The summed E-state index contributed by atoms with van der Waals surface area (Å²) in [5.74, 6) is 0.491. The molecule has 0 aliphatic carbocycles. The average molecular weight is 250 g/mol. The van der Waals surface area contributed by atoms with E-state index in [0.29, 0.717) is 17.9 Å². The van der Waals surface area contributed by atoms with Gasteiger partial charge < -0.3 is 15.2 Å². The van der Waals surface area contributed by atoms with Crippen LogP contribution in [-0.4, -0.2) is 28.2 Å². The van der Waals surface area contributed by atoms with Gasteiger partial charge in [0, 0.05) is 31.0 Å². The van der Waals surface area contributed by atoms with Gasteiger partial charge in [-0.15, -0.1) is 0 Å². The maximum Gasteiger partial charge on any atom is 0.293 e. The Morgan fingerprint density at radius 3 is 3.17 bits per heavy atom. The summed E-state index contributed by atoms with van der Waals surface area (Å²) in [5.41, 5.74) is -0.00876. The molecule has 0 radical (unpaired) electrons. The molecule has 0 saturated carbocycles. The lowest BCUT2D eigenvalue weighted by Gasteiger charge is -2.28. The third-order valence-electron chi connectivity index (χ3n) is 3.34. The Balaban J connectivity index is 2.09. The van der Waals surface area contributed by atoms with Crippen molar-refractivity contribution in [3.8, 4) is 0 Å². The molecule has 1 aliphatic rings. The van der Waals surface area contributed by atoms with Gasteiger partial charge in [0.15, 0.2) is 5.82 Å². The van der Waals surface area contributed by atoms with Crippen LogP contribution < -0.4 is 16.2 Å². The zero-order valence-electron chi connectivity index (χ0n) is 11.1. The maximum atomic E-state index is 12.1. The van der Waals surface area contributed by atoms with E-state index in [1.807, 2.05) is 0 Å². The zero-order valence-corrected chi connectivity index (χ0v) is 11.1. The first-order chi connectivity index (χ1) is 8.70. The summed E-state index contributed by atoms with van der Waals surface area (Å²) in [5, 5.41) is 6.69. The zero-order chi connectivity index (χ0) is 13.0. The Morgan fingerprint density at radius 1 is 1.61 bits per heavy atom. The second-order valence-corrected chi connectivity index (χ2v) is 5.00. The summed E-state index contributed by atoms with van der Waals surface area (Å²) in [4.78, 5) is 16.3. The number of nitrogens with one attached hydrogen (secondary N) is 2. The molecule has 100 valence electrons. The summed E-state index contributed by atoms with van der Waals surface area (Å²) in [6, 6.07) is 0.844. The summed E-state index contributed by atoms with van der Waals surface area (Å²) in [7, 11) is 0. The molecule has 0 bridgehead atoms. The van der Waals surface area contributed by atoms with E-state index in [9.17, 15) is 4.79 Å². The van der Waals surface area contributed by atoms with Gasteiger partial charge in [-0.25, -0.2) is 4.98 Å². The SMILES string of the molecule is CCCn1ccnc(NC2CCNC(C)C2)c1=O. The first-order valence-corrected chi connectivity index (χ1v) is 6.76. The van der Waals surface area contributed by atoms with E-state index < -0.39 is 0 Å². The third-order valence-corrected chi connectivity index (χ3v) is 3.34. The topological polar surface area (TPSA) is 59.0 Å². The highest BCUT2D eigenvalue weighted by atomic mass is 16.1. The fourth-order valence-electron chi connectivity index (χ4n) is 2.42. The molecule has 0 aromatic carbocycles. The van der Waals surface area contributed by atoms with Gasteiger partial charge in [-0.1, -0.05) is 6.92 Å². The van der Waals surface area contributed by atoms with Gasteiger partial charge >= 0.3 is 0 Å². The maximum absolute atomic E-state index is 12.1. The molecule has 2 rings (SSSR count). The van der Waals surface area contributed by atoms with Crippen molar-refractivity contribution in [3.05, 3.63) is 22.7 Å². The smallest absolute Gasteiger partial charge is 0.293 e. The lowest BCUT2D eigenvalue weighted by molar-refractivity contribution is 0.395. The molecule has 1 aromatic heterocycles. The van der Waals surface area contributed by atoms with Crippen molar-refractivity contribution in [2.24, 2.45) is 0 Å². The van der Waals surface area contributed by atoms with E-state index >= 15 is 0 Å². The minimum absolute atomic E-state index is 0.00876. The van der Waals surface area contributed by atoms with E-state index in [1.165, 1.54) is 0 Å². The largest absolute Gasteiger partial charge is 0.363 e. The Hall–Kier alpha value is -1.36. The van der Waals surface area contributed by atoms with Crippen molar-refractivity contribution in [1.82, 2.24) is 14.9 Å².